The van der Waals surface area contributed by atoms with Gasteiger partial charge in [-0.25, -0.2) is 0 Å². The lowest BCUT2D eigenvalue weighted by Gasteiger charge is -2.02. The van der Waals surface area contributed by atoms with Crippen molar-refractivity contribution in [3.8, 4) is 0 Å². The molecule has 0 spiro atoms. The van der Waals surface area contributed by atoms with Crippen molar-refractivity contribution in [2.45, 2.75) is 18.9 Å². The second-order valence-electron chi connectivity index (χ2n) is 1.92. The number of halogens is 1. The molecule has 0 aromatic rings. The minimum atomic E-state index is -0.548. The van der Waals surface area contributed by atoms with Crippen LogP contribution in [0.25, 0.3) is 0 Å². The van der Waals surface area contributed by atoms with Gasteiger partial charge in [0.05, 0.1) is 6.04 Å². The highest BCUT2D eigenvalue weighted by Crippen LogP contribution is 1.99. The monoisotopic (exact) mass is 256 g/mol. The van der Waals surface area contributed by atoms with Gasteiger partial charge in [0, 0.05) is 29.0 Å². The Morgan fingerprint density at radius 1 is 1.50 bits per heavy atom. The van der Waals surface area contributed by atoms with Gasteiger partial charge in [0.2, 0.25) is 9.70 Å². The number of primary amides is 1. The van der Waals surface area contributed by atoms with Crippen LogP contribution in [0.5, 0.6) is 0 Å². The Labute approximate surface area is 72.5 Å². The highest BCUT2D eigenvalue weighted by Gasteiger charge is 2.09. The van der Waals surface area contributed by atoms with Crippen molar-refractivity contribution in [1.29, 1.82) is 0 Å². The van der Waals surface area contributed by atoms with E-state index in [0.717, 1.165) is 0 Å². The second kappa shape index (κ2) is 4.62. The number of rotatable bonds is 4. The van der Waals surface area contributed by atoms with Crippen LogP contribution in [0.3, 0.4) is 0 Å². The number of nitrogens with two attached hydrogens (primary N) is 2. The van der Waals surface area contributed by atoms with Crippen LogP contribution in [0.1, 0.15) is 12.8 Å². The van der Waals surface area contributed by atoms with Gasteiger partial charge in [-0.15, -0.1) is 0 Å². The molecule has 0 aromatic carbocycles. The second-order valence-corrected chi connectivity index (χ2v) is 2.98. The fourth-order valence-electron chi connectivity index (χ4n) is 0.411. The smallest absolute Gasteiger partial charge is 0.217 e. The van der Waals surface area contributed by atoms with E-state index >= 15 is 0 Å². The van der Waals surface area contributed by atoms with Crippen LogP contribution in [0.4, 0.5) is 0 Å². The van der Waals surface area contributed by atoms with E-state index in [2.05, 4.69) is 0 Å². The molecule has 4 N–H and O–H groups in total. The molecule has 0 saturated heterocycles. The number of carbonyl (C=O) groups is 2. The molecule has 0 aliphatic heterocycles. The largest absolute Gasteiger partial charge is 0.370 e. The van der Waals surface area contributed by atoms with E-state index in [1.807, 2.05) is 0 Å². The normalized spacial score (nSPS) is 12.6. The third-order valence-electron chi connectivity index (χ3n) is 0.993. The van der Waals surface area contributed by atoms with Crippen LogP contribution in [-0.4, -0.2) is 15.7 Å². The van der Waals surface area contributed by atoms with Gasteiger partial charge in [0.1, 0.15) is 0 Å². The molecule has 10 heavy (non-hydrogen) atoms. The zero-order valence-corrected chi connectivity index (χ0v) is 7.50. The summed E-state index contributed by atoms with van der Waals surface area (Å²) >= 11 is 1.60. The molecule has 0 radical (unpaired) electrons. The molecule has 0 unspecified atom stereocenters. The van der Waals surface area contributed by atoms with Gasteiger partial charge in [0.15, 0.2) is 0 Å². The van der Waals surface area contributed by atoms with Crippen molar-refractivity contribution in [3.63, 3.8) is 0 Å². The molecule has 5 heteroatoms. The van der Waals surface area contributed by atoms with Crippen molar-refractivity contribution < 1.29 is 9.59 Å². The van der Waals surface area contributed by atoms with E-state index in [9.17, 15) is 9.59 Å². The number of hydrogen-bond donors (Lipinski definition) is 2. The Balaban J connectivity index is 3.49. The lowest BCUT2D eigenvalue weighted by molar-refractivity contribution is -0.118. The third kappa shape index (κ3) is 4.68. The molecule has 0 aromatic heterocycles. The van der Waals surface area contributed by atoms with Crippen molar-refractivity contribution in [2.75, 3.05) is 0 Å². The van der Waals surface area contributed by atoms with Crippen LogP contribution >= 0.6 is 22.6 Å². The van der Waals surface area contributed by atoms with Crippen LogP contribution in [0.15, 0.2) is 0 Å². The Kier molecular flexibility index (Phi) is 4.54. The van der Waals surface area contributed by atoms with Gasteiger partial charge < -0.3 is 11.5 Å². The summed E-state index contributed by atoms with van der Waals surface area (Å²) in [6.45, 7) is 0. The first-order valence-corrected chi connectivity index (χ1v) is 3.85. The Hall–Kier alpha value is -0.170. The zero-order chi connectivity index (χ0) is 8.15. The Morgan fingerprint density at radius 2 is 2.00 bits per heavy atom. The lowest BCUT2D eigenvalue weighted by atomic mass is 10.2. The SMILES string of the molecule is NC(=O)CC[C@H](N)C(=O)I. The maximum atomic E-state index is 10.5. The topological polar surface area (TPSA) is 86.2 Å². The van der Waals surface area contributed by atoms with E-state index in [-0.39, 0.29) is 10.2 Å². The highest BCUT2D eigenvalue weighted by molar-refractivity contribution is 14.1. The van der Waals surface area contributed by atoms with Crippen LogP contribution in [0, 0.1) is 0 Å². The van der Waals surface area contributed by atoms with E-state index in [0.29, 0.717) is 6.42 Å². The molecule has 1 atom stereocenters. The van der Waals surface area contributed by atoms with Gasteiger partial charge >= 0.3 is 0 Å². The van der Waals surface area contributed by atoms with Gasteiger partial charge in [-0.2, -0.15) is 0 Å². The van der Waals surface area contributed by atoms with Gasteiger partial charge in [-0.3, -0.25) is 9.59 Å². The summed E-state index contributed by atoms with van der Waals surface area (Å²) in [5.41, 5.74) is 10.1. The molecule has 0 saturated carbocycles. The van der Waals surface area contributed by atoms with E-state index < -0.39 is 11.9 Å². The zero-order valence-electron chi connectivity index (χ0n) is 5.34. The average Bonchev–Trinajstić information content (AvgIpc) is 1.82. The molecule has 0 aliphatic carbocycles. The Bertz CT molecular complexity index is 149. The van der Waals surface area contributed by atoms with Crippen molar-refractivity contribution in [1.82, 2.24) is 0 Å². The standard InChI is InChI=1S/C5H9IN2O2/c6-5(10)3(7)1-2-4(8)9/h3H,1-2,7H2,(H2,8,9)/t3-/m0/s1. The quantitative estimate of drug-likeness (QED) is 0.527. The molecule has 1 amide bonds. The summed E-state index contributed by atoms with van der Waals surface area (Å²) in [5, 5.41) is 0. The summed E-state index contributed by atoms with van der Waals surface area (Å²) in [6, 6.07) is -0.548. The van der Waals surface area contributed by atoms with Gasteiger partial charge in [-0.1, -0.05) is 0 Å². The molecule has 0 heterocycles. The molecule has 0 rings (SSSR count). The predicted molar refractivity (Wildman–Crippen MR) is 45.4 cm³/mol. The summed E-state index contributed by atoms with van der Waals surface area (Å²) in [5.74, 6) is -0.423. The first kappa shape index (κ1) is 9.83. The van der Waals surface area contributed by atoms with E-state index in [4.69, 9.17) is 11.5 Å². The first-order chi connectivity index (χ1) is 4.54. The maximum Gasteiger partial charge on any atom is 0.217 e. The lowest BCUT2D eigenvalue weighted by Crippen LogP contribution is -2.28. The van der Waals surface area contributed by atoms with Crippen molar-refractivity contribution >= 4 is 32.3 Å². The Morgan fingerprint density at radius 3 is 2.30 bits per heavy atom. The molecule has 4 nitrogen and oxygen atoms in total. The van der Waals surface area contributed by atoms with Crippen molar-refractivity contribution in [2.24, 2.45) is 11.5 Å². The first-order valence-electron chi connectivity index (χ1n) is 2.77. The summed E-state index contributed by atoms with van der Waals surface area (Å²) in [6.07, 6.45) is 0.521. The minimum absolute atomic E-state index is 0.140. The van der Waals surface area contributed by atoms with Gasteiger partial charge in [0.25, 0.3) is 0 Å². The van der Waals surface area contributed by atoms with E-state index in [1.54, 1.807) is 22.6 Å². The summed E-state index contributed by atoms with van der Waals surface area (Å²) in [7, 11) is 0. The molecule has 0 aliphatic rings. The van der Waals surface area contributed by atoms with Crippen LogP contribution in [-0.2, 0) is 9.59 Å². The fraction of sp³-hybridized carbons (Fsp3) is 0.600. The molecule has 58 valence electrons. The highest BCUT2D eigenvalue weighted by atomic mass is 127. The minimum Gasteiger partial charge on any atom is -0.370 e. The van der Waals surface area contributed by atoms with Gasteiger partial charge in [-0.05, 0) is 6.42 Å². The summed E-state index contributed by atoms with van der Waals surface area (Å²) < 4.78 is -0.140. The summed E-state index contributed by atoms with van der Waals surface area (Å²) in [4.78, 5) is 20.6. The number of amides is 1. The molecular formula is C5H9IN2O2. The molecule has 0 fully saturated rings. The maximum absolute atomic E-state index is 10.5. The third-order valence-corrected chi connectivity index (χ3v) is 1.79. The molecular weight excluding hydrogens is 247 g/mol. The number of hydrogen-bond acceptors (Lipinski definition) is 3. The van der Waals surface area contributed by atoms with Crippen molar-refractivity contribution in [3.05, 3.63) is 0 Å². The predicted octanol–water partition coefficient (Wildman–Crippen LogP) is -0.459. The molecule has 0 bridgehead atoms. The van der Waals surface area contributed by atoms with Crippen LogP contribution in [0.2, 0.25) is 0 Å². The average molecular weight is 256 g/mol. The fourth-order valence-corrected chi connectivity index (χ4v) is 0.723. The van der Waals surface area contributed by atoms with Crippen LogP contribution < -0.4 is 11.5 Å². The van der Waals surface area contributed by atoms with E-state index in [1.165, 1.54) is 0 Å². The number of carbonyl (C=O) groups excluding carboxylic acids is 2.